The number of alkyl halides is 2. The lowest BCUT2D eigenvalue weighted by Crippen LogP contribution is -2.20. The van der Waals surface area contributed by atoms with Gasteiger partial charge in [0.25, 0.3) is 0 Å². The first-order chi connectivity index (χ1) is 14.1. The van der Waals surface area contributed by atoms with Gasteiger partial charge in [-0.25, -0.2) is 0 Å². The van der Waals surface area contributed by atoms with Gasteiger partial charge in [0.1, 0.15) is 0 Å². The zero-order valence-corrected chi connectivity index (χ0v) is 18.9. The first-order valence-corrected chi connectivity index (χ1v) is 12.1. The molecule has 0 spiro atoms. The minimum Gasteiger partial charge on any atom is -0.304 e. The fraction of sp³-hybridized carbons (Fsp3) is 0.500. The Labute approximate surface area is 178 Å². The smallest absolute Gasteiger partial charge is 0.304 e. The van der Waals surface area contributed by atoms with Gasteiger partial charge in [-0.05, 0) is 41.2 Å². The Morgan fingerprint density at radius 2 is 1.33 bits per heavy atom. The number of halogens is 2. The van der Waals surface area contributed by atoms with Crippen LogP contribution in [0.2, 0.25) is 0 Å². The molecule has 0 radical (unpaired) electrons. The van der Waals surface area contributed by atoms with Crippen molar-refractivity contribution in [3.8, 4) is 0 Å². The third-order valence-corrected chi connectivity index (χ3v) is 7.13. The average Bonchev–Trinajstić information content (AvgIpc) is 3.52. The molecule has 2 unspecified atom stereocenters. The summed E-state index contributed by atoms with van der Waals surface area (Å²) in [5, 5.41) is 0. The summed E-state index contributed by atoms with van der Waals surface area (Å²) in [5.41, 5.74) is -1.76. The summed E-state index contributed by atoms with van der Waals surface area (Å²) in [6, 6.07) is 16.4. The molecule has 2 atom stereocenters. The minimum atomic E-state index is -4.67. The number of hydrogen-bond acceptors (Lipinski definition) is 3. The molecule has 6 heteroatoms. The molecular weight excluding hydrogens is 405 g/mol. The predicted octanol–water partition coefficient (Wildman–Crippen LogP) is 7.55. The Balaban J connectivity index is 1.77. The third kappa shape index (κ3) is 5.19. The fourth-order valence-corrected chi connectivity index (χ4v) is 5.27. The molecule has 30 heavy (non-hydrogen) atoms. The summed E-state index contributed by atoms with van der Waals surface area (Å²) < 4.78 is 54.1. The van der Waals surface area contributed by atoms with Crippen molar-refractivity contribution in [1.82, 2.24) is 0 Å². The van der Waals surface area contributed by atoms with Gasteiger partial charge in [0.05, 0.1) is 13.2 Å². The van der Waals surface area contributed by atoms with Crippen LogP contribution in [0.1, 0.15) is 62.6 Å². The Bertz CT molecular complexity index is 850. The van der Waals surface area contributed by atoms with Gasteiger partial charge < -0.3 is 9.05 Å². The van der Waals surface area contributed by atoms with Gasteiger partial charge in [0, 0.05) is 5.56 Å². The maximum Gasteiger partial charge on any atom is 0.404 e. The zero-order chi connectivity index (χ0) is 21.9. The standard InChI is InChI=1S/C24H31F2O3P/c1-17(2)15-28-30(27,29-16-18(3)4)24(25,26)21-12-10-20(11-13-21)23-14-22(23)19-8-6-5-7-9-19/h5-13,17-18,22-23H,14-16H2,1-4H3. The van der Waals surface area contributed by atoms with E-state index >= 15 is 8.78 Å². The van der Waals surface area contributed by atoms with Crippen LogP contribution in [0.25, 0.3) is 0 Å². The number of benzene rings is 2. The van der Waals surface area contributed by atoms with Crippen molar-refractivity contribution >= 4 is 7.60 Å². The summed E-state index contributed by atoms with van der Waals surface area (Å²) >= 11 is 0. The van der Waals surface area contributed by atoms with Gasteiger partial charge >= 0.3 is 13.3 Å². The van der Waals surface area contributed by atoms with Crippen molar-refractivity contribution in [2.75, 3.05) is 13.2 Å². The van der Waals surface area contributed by atoms with E-state index in [1.54, 1.807) is 12.1 Å². The van der Waals surface area contributed by atoms with Gasteiger partial charge in [-0.3, -0.25) is 4.57 Å². The van der Waals surface area contributed by atoms with Gasteiger partial charge in [0.15, 0.2) is 0 Å². The Morgan fingerprint density at radius 1 is 0.867 bits per heavy atom. The molecule has 0 aliphatic heterocycles. The molecule has 0 amide bonds. The lowest BCUT2D eigenvalue weighted by Gasteiger charge is -2.28. The van der Waals surface area contributed by atoms with E-state index in [1.165, 1.54) is 17.7 Å². The fourth-order valence-electron chi connectivity index (χ4n) is 3.41. The summed E-state index contributed by atoms with van der Waals surface area (Å²) in [6.07, 6.45) is 1.01. The molecule has 0 saturated heterocycles. The van der Waals surface area contributed by atoms with Crippen LogP contribution >= 0.6 is 7.60 Å². The topological polar surface area (TPSA) is 35.5 Å². The molecule has 0 aromatic heterocycles. The van der Waals surface area contributed by atoms with E-state index < -0.39 is 13.3 Å². The van der Waals surface area contributed by atoms with Crippen molar-refractivity contribution in [1.29, 1.82) is 0 Å². The van der Waals surface area contributed by atoms with Crippen molar-refractivity contribution in [3.05, 3.63) is 71.3 Å². The van der Waals surface area contributed by atoms with E-state index in [-0.39, 0.29) is 30.6 Å². The molecule has 2 aromatic rings. The first kappa shape index (κ1) is 23.1. The van der Waals surface area contributed by atoms with Crippen LogP contribution in [0, 0.1) is 11.8 Å². The predicted molar refractivity (Wildman–Crippen MR) is 116 cm³/mol. The SMILES string of the molecule is CC(C)COP(=O)(OCC(C)C)C(F)(F)c1ccc(C2CC2c2ccccc2)cc1. The van der Waals surface area contributed by atoms with Gasteiger partial charge in [-0.15, -0.1) is 0 Å². The van der Waals surface area contributed by atoms with E-state index in [1.807, 2.05) is 45.9 Å². The lowest BCUT2D eigenvalue weighted by atomic mass is 10.0. The molecule has 0 N–H and O–H groups in total. The maximum absolute atomic E-state index is 15.3. The molecular formula is C24H31F2O3P. The van der Waals surface area contributed by atoms with Crippen LogP contribution in [-0.2, 0) is 19.3 Å². The van der Waals surface area contributed by atoms with Crippen LogP contribution in [0.3, 0.4) is 0 Å². The Hall–Kier alpha value is -1.55. The van der Waals surface area contributed by atoms with Crippen molar-refractivity contribution < 1.29 is 22.4 Å². The zero-order valence-electron chi connectivity index (χ0n) is 18.1. The van der Waals surface area contributed by atoms with Gasteiger partial charge in [-0.1, -0.05) is 82.3 Å². The highest BCUT2D eigenvalue weighted by Crippen LogP contribution is 2.67. The molecule has 1 aliphatic rings. The van der Waals surface area contributed by atoms with Crippen molar-refractivity contribution in [2.24, 2.45) is 11.8 Å². The summed E-state index contributed by atoms with van der Waals surface area (Å²) in [4.78, 5) is 0. The highest BCUT2D eigenvalue weighted by Gasteiger charge is 2.55. The van der Waals surface area contributed by atoms with Crippen LogP contribution in [0.5, 0.6) is 0 Å². The first-order valence-electron chi connectivity index (χ1n) is 10.6. The molecule has 1 fully saturated rings. The van der Waals surface area contributed by atoms with Gasteiger partial charge in [0.2, 0.25) is 0 Å². The summed E-state index contributed by atoms with van der Waals surface area (Å²) in [6.45, 7) is 7.17. The highest BCUT2D eigenvalue weighted by atomic mass is 31.2. The second-order valence-electron chi connectivity index (χ2n) is 8.90. The van der Waals surface area contributed by atoms with E-state index in [4.69, 9.17) is 9.05 Å². The quantitative estimate of drug-likeness (QED) is 0.361. The van der Waals surface area contributed by atoms with E-state index in [0.29, 0.717) is 11.8 Å². The monoisotopic (exact) mass is 436 g/mol. The van der Waals surface area contributed by atoms with Crippen molar-refractivity contribution in [2.45, 2.75) is 51.6 Å². The summed E-state index contributed by atoms with van der Waals surface area (Å²) in [5.74, 6) is 0.677. The van der Waals surface area contributed by atoms with Gasteiger partial charge in [-0.2, -0.15) is 8.78 Å². The van der Waals surface area contributed by atoms with E-state index in [2.05, 4.69) is 12.1 Å². The third-order valence-electron chi connectivity index (χ3n) is 5.20. The molecule has 164 valence electrons. The molecule has 1 aliphatic carbocycles. The van der Waals surface area contributed by atoms with Crippen molar-refractivity contribution in [3.63, 3.8) is 0 Å². The molecule has 0 heterocycles. The molecule has 3 rings (SSSR count). The number of hydrogen-bond donors (Lipinski definition) is 0. The molecule has 3 nitrogen and oxygen atoms in total. The minimum absolute atomic E-state index is 0.0380. The van der Waals surface area contributed by atoms with Crippen LogP contribution in [-0.4, -0.2) is 13.2 Å². The largest absolute Gasteiger partial charge is 0.404 e. The highest BCUT2D eigenvalue weighted by molar-refractivity contribution is 7.54. The van der Waals surface area contributed by atoms with Crippen LogP contribution < -0.4 is 0 Å². The van der Waals surface area contributed by atoms with Crippen LogP contribution in [0.15, 0.2) is 54.6 Å². The normalized spacial score (nSPS) is 19.5. The second kappa shape index (κ2) is 9.30. The van der Waals surface area contributed by atoms with E-state index in [0.717, 1.165) is 12.0 Å². The Morgan fingerprint density at radius 3 is 1.80 bits per heavy atom. The van der Waals surface area contributed by atoms with E-state index in [9.17, 15) is 4.57 Å². The Kier molecular flexibility index (Phi) is 7.16. The molecule has 1 saturated carbocycles. The maximum atomic E-state index is 15.3. The molecule has 0 bridgehead atoms. The van der Waals surface area contributed by atoms with Crippen LogP contribution in [0.4, 0.5) is 8.78 Å². The number of rotatable bonds is 10. The second-order valence-corrected chi connectivity index (χ2v) is 11.0. The lowest BCUT2D eigenvalue weighted by molar-refractivity contribution is 0.0279. The average molecular weight is 436 g/mol. The summed E-state index contributed by atoms with van der Waals surface area (Å²) in [7, 11) is -4.67. The molecule has 2 aromatic carbocycles.